The molecule has 32 heavy (non-hydrogen) atoms. The van der Waals surface area contributed by atoms with E-state index < -0.39 is 0 Å². The summed E-state index contributed by atoms with van der Waals surface area (Å²) in [6, 6.07) is 23.6. The minimum Gasteiger partial charge on any atom is -0.329 e. The second-order valence-electron chi connectivity index (χ2n) is 8.50. The maximum atomic E-state index is 5.61. The molecule has 0 aliphatic carbocycles. The molecule has 0 aliphatic rings. The predicted octanol–water partition coefficient (Wildman–Crippen LogP) is 7.73. The molecule has 1 aromatic heterocycles. The Kier molecular flexibility index (Phi) is 7.32. The van der Waals surface area contributed by atoms with E-state index in [4.69, 9.17) is 6.42 Å². The fourth-order valence-corrected chi connectivity index (χ4v) is 4.40. The van der Waals surface area contributed by atoms with Crippen LogP contribution in [-0.2, 0) is 13.0 Å². The smallest absolute Gasteiger partial charge is 0.0841 e. The van der Waals surface area contributed by atoms with E-state index in [2.05, 4.69) is 96.0 Å². The third-order valence-electron chi connectivity index (χ3n) is 6.15. The van der Waals surface area contributed by atoms with Crippen LogP contribution in [0.2, 0.25) is 0 Å². The van der Waals surface area contributed by atoms with Crippen molar-refractivity contribution in [2.45, 2.75) is 58.4 Å². The van der Waals surface area contributed by atoms with Crippen molar-refractivity contribution >= 4 is 21.8 Å². The van der Waals surface area contributed by atoms with E-state index in [0.29, 0.717) is 6.54 Å². The van der Waals surface area contributed by atoms with Crippen LogP contribution >= 0.6 is 0 Å². The number of benzene rings is 3. The molecular weight excluding hydrogens is 386 g/mol. The van der Waals surface area contributed by atoms with Gasteiger partial charge in [-0.25, -0.2) is 0 Å². The number of fused-ring (bicyclic) bond motifs is 3. The van der Waals surface area contributed by atoms with Gasteiger partial charge in [-0.3, -0.25) is 0 Å². The van der Waals surface area contributed by atoms with Crippen LogP contribution in [0.4, 0.5) is 0 Å². The van der Waals surface area contributed by atoms with E-state index in [0.717, 1.165) is 23.1 Å². The number of unbranched alkanes of at least 4 members (excludes halogenated alkanes) is 5. The van der Waals surface area contributed by atoms with E-state index in [1.165, 1.54) is 60.4 Å². The van der Waals surface area contributed by atoms with E-state index in [-0.39, 0.29) is 0 Å². The zero-order chi connectivity index (χ0) is 22.2. The molecule has 0 N–H and O–H groups in total. The molecule has 4 rings (SSSR count). The van der Waals surface area contributed by atoms with Crippen LogP contribution < -0.4 is 0 Å². The van der Waals surface area contributed by atoms with Gasteiger partial charge in [0.1, 0.15) is 0 Å². The largest absolute Gasteiger partial charge is 0.329 e. The van der Waals surface area contributed by atoms with Crippen molar-refractivity contribution in [1.29, 1.82) is 0 Å². The van der Waals surface area contributed by atoms with Crippen LogP contribution in [0.1, 0.15) is 62.1 Å². The third-order valence-corrected chi connectivity index (χ3v) is 6.15. The van der Waals surface area contributed by atoms with Gasteiger partial charge >= 0.3 is 0 Å². The maximum absolute atomic E-state index is 5.61. The lowest BCUT2D eigenvalue weighted by Gasteiger charge is -2.02. The summed E-state index contributed by atoms with van der Waals surface area (Å²) in [6.07, 6.45) is 14.8. The molecule has 0 amide bonds. The second kappa shape index (κ2) is 10.7. The van der Waals surface area contributed by atoms with E-state index >= 15 is 0 Å². The zero-order valence-corrected chi connectivity index (χ0v) is 19.0. The van der Waals surface area contributed by atoms with Gasteiger partial charge in [-0.15, -0.1) is 6.42 Å². The fourth-order valence-electron chi connectivity index (χ4n) is 4.40. The van der Waals surface area contributed by atoms with Crippen molar-refractivity contribution in [3.63, 3.8) is 0 Å². The molecule has 0 spiro atoms. The Hall–Kier alpha value is -3.42. The molecule has 0 saturated carbocycles. The van der Waals surface area contributed by atoms with Gasteiger partial charge < -0.3 is 4.57 Å². The monoisotopic (exact) mass is 417 g/mol. The lowest BCUT2D eigenvalue weighted by atomic mass is 10.0. The normalized spacial score (nSPS) is 10.8. The van der Waals surface area contributed by atoms with Gasteiger partial charge in [0.05, 0.1) is 12.1 Å². The quantitative estimate of drug-likeness (QED) is 0.204. The van der Waals surface area contributed by atoms with Crippen LogP contribution in [-0.4, -0.2) is 4.57 Å². The number of para-hydroxylation sites is 1. The van der Waals surface area contributed by atoms with E-state index in [1.807, 2.05) is 0 Å². The highest BCUT2D eigenvalue weighted by Crippen LogP contribution is 2.29. The number of aromatic nitrogens is 1. The van der Waals surface area contributed by atoms with E-state index in [1.54, 1.807) is 0 Å². The van der Waals surface area contributed by atoms with Crippen LogP contribution in [0.5, 0.6) is 0 Å². The summed E-state index contributed by atoms with van der Waals surface area (Å²) in [5.74, 6) is 9.46. The average Bonchev–Trinajstić information content (AvgIpc) is 3.14. The topological polar surface area (TPSA) is 4.93 Å². The number of rotatable bonds is 8. The van der Waals surface area contributed by atoms with Crippen LogP contribution in [0.3, 0.4) is 0 Å². The molecule has 0 aliphatic heterocycles. The van der Waals surface area contributed by atoms with Crippen molar-refractivity contribution in [1.82, 2.24) is 4.57 Å². The average molecular weight is 418 g/mol. The Morgan fingerprint density at radius 1 is 0.719 bits per heavy atom. The van der Waals surface area contributed by atoms with Crippen molar-refractivity contribution in [3.8, 4) is 24.2 Å². The first-order chi connectivity index (χ1) is 15.8. The highest BCUT2D eigenvalue weighted by Gasteiger charge is 2.09. The first-order valence-electron chi connectivity index (χ1n) is 11.9. The molecule has 3 aromatic carbocycles. The minimum absolute atomic E-state index is 0.570. The van der Waals surface area contributed by atoms with Gasteiger partial charge in [0.15, 0.2) is 0 Å². The van der Waals surface area contributed by atoms with Gasteiger partial charge in [0.25, 0.3) is 0 Å². The van der Waals surface area contributed by atoms with Gasteiger partial charge in [-0.05, 0) is 54.8 Å². The Labute approximate surface area is 192 Å². The number of hydrogen-bond donors (Lipinski definition) is 0. The first-order valence-corrected chi connectivity index (χ1v) is 11.9. The zero-order valence-electron chi connectivity index (χ0n) is 19.0. The van der Waals surface area contributed by atoms with Gasteiger partial charge in [-0.1, -0.05) is 87.1 Å². The molecule has 0 radical (unpaired) electrons. The Bertz CT molecular complexity index is 1290. The van der Waals surface area contributed by atoms with Crippen molar-refractivity contribution in [2.75, 3.05) is 0 Å². The standard InChI is InChI=1S/C31H31N/c1-3-5-6-7-8-9-12-25-15-17-26(18-16-25)19-20-27-21-22-31-29(24-27)28-13-10-11-14-30(28)32(31)23-4-2/h2,10-11,13-18,21-22,24H,3,5-9,12,23H2,1H3. The molecule has 0 fully saturated rings. The molecule has 0 atom stereocenters. The van der Waals surface area contributed by atoms with Crippen LogP contribution in [0.15, 0.2) is 66.7 Å². The molecule has 0 unspecified atom stereocenters. The Balaban J connectivity index is 1.47. The van der Waals surface area contributed by atoms with Crippen molar-refractivity contribution in [2.24, 2.45) is 0 Å². The Morgan fingerprint density at radius 3 is 2.22 bits per heavy atom. The molecule has 1 heterocycles. The summed E-state index contributed by atoms with van der Waals surface area (Å²) < 4.78 is 2.20. The number of nitrogens with zero attached hydrogens (tertiary/aromatic N) is 1. The van der Waals surface area contributed by atoms with Gasteiger partial charge in [0.2, 0.25) is 0 Å². The molecule has 4 aromatic rings. The minimum atomic E-state index is 0.570. The van der Waals surface area contributed by atoms with E-state index in [9.17, 15) is 0 Å². The summed E-state index contributed by atoms with van der Waals surface area (Å²) in [4.78, 5) is 0. The molecular formula is C31H31N. The molecule has 160 valence electrons. The lowest BCUT2D eigenvalue weighted by Crippen LogP contribution is -1.94. The van der Waals surface area contributed by atoms with Crippen LogP contribution in [0, 0.1) is 24.2 Å². The van der Waals surface area contributed by atoms with Crippen molar-refractivity contribution in [3.05, 3.63) is 83.4 Å². The molecule has 0 bridgehead atoms. The predicted molar refractivity (Wildman–Crippen MR) is 138 cm³/mol. The highest BCUT2D eigenvalue weighted by molar-refractivity contribution is 6.08. The molecule has 1 heteroatoms. The summed E-state index contributed by atoms with van der Waals surface area (Å²) >= 11 is 0. The summed E-state index contributed by atoms with van der Waals surface area (Å²) in [7, 11) is 0. The lowest BCUT2D eigenvalue weighted by molar-refractivity contribution is 0.607. The Morgan fingerprint density at radius 2 is 1.41 bits per heavy atom. The fraction of sp³-hybridized carbons (Fsp3) is 0.290. The number of hydrogen-bond acceptors (Lipinski definition) is 0. The SMILES string of the molecule is C#CCn1c2ccccc2c2cc(C#Cc3ccc(CCCCCCCC)cc3)ccc21. The summed E-state index contributed by atoms with van der Waals surface area (Å²) in [5, 5.41) is 2.43. The second-order valence-corrected chi connectivity index (χ2v) is 8.50. The number of aryl methyl sites for hydroxylation is 1. The highest BCUT2D eigenvalue weighted by atomic mass is 15.0. The molecule has 0 saturated heterocycles. The van der Waals surface area contributed by atoms with Crippen molar-refractivity contribution < 1.29 is 0 Å². The van der Waals surface area contributed by atoms with Gasteiger partial charge in [-0.2, -0.15) is 0 Å². The molecule has 1 nitrogen and oxygen atoms in total. The number of terminal acetylenes is 1. The summed E-state index contributed by atoms with van der Waals surface area (Å²) in [5.41, 5.74) is 5.83. The maximum Gasteiger partial charge on any atom is 0.0841 e. The first kappa shape index (κ1) is 21.8. The van der Waals surface area contributed by atoms with Gasteiger partial charge in [0, 0.05) is 27.4 Å². The third kappa shape index (κ3) is 5.07. The van der Waals surface area contributed by atoms with Crippen LogP contribution in [0.25, 0.3) is 21.8 Å². The summed E-state index contributed by atoms with van der Waals surface area (Å²) in [6.45, 7) is 2.84.